The normalized spacial score (nSPS) is 18.0. The molecule has 7 nitrogen and oxygen atoms in total. The molecule has 0 spiro atoms. The van der Waals surface area contributed by atoms with Crippen molar-refractivity contribution in [1.29, 1.82) is 0 Å². The van der Waals surface area contributed by atoms with Crippen molar-refractivity contribution >= 4 is 11.9 Å². The van der Waals surface area contributed by atoms with Gasteiger partial charge in [-0.2, -0.15) is 0 Å². The first kappa shape index (κ1) is 23.2. The second-order valence-corrected chi connectivity index (χ2v) is 7.40. The lowest BCUT2D eigenvalue weighted by Crippen LogP contribution is -2.34. The molecule has 2 aromatic carbocycles. The van der Waals surface area contributed by atoms with Crippen LogP contribution in [0.3, 0.4) is 0 Å². The molecule has 0 heterocycles. The largest absolute Gasteiger partial charge is 0.497 e. The second kappa shape index (κ2) is 10.7. The van der Waals surface area contributed by atoms with Gasteiger partial charge in [-0.1, -0.05) is 24.3 Å². The van der Waals surface area contributed by atoms with Crippen LogP contribution in [0, 0.1) is 5.92 Å². The molecule has 0 radical (unpaired) electrons. The number of benzene rings is 2. The van der Waals surface area contributed by atoms with Crippen molar-refractivity contribution in [2.45, 2.75) is 25.3 Å². The fourth-order valence-corrected chi connectivity index (χ4v) is 4.01. The number of hydrogen-bond acceptors (Lipinski definition) is 6. The van der Waals surface area contributed by atoms with E-state index in [-0.39, 0.29) is 30.4 Å². The summed E-state index contributed by atoms with van der Waals surface area (Å²) in [6, 6.07) is 12.2. The fraction of sp³-hybridized carbons (Fsp3) is 0.360. The number of hydrogen-bond donors (Lipinski definition) is 1. The molecule has 3 atom stereocenters. The predicted octanol–water partition coefficient (Wildman–Crippen LogP) is 3.73. The van der Waals surface area contributed by atoms with E-state index in [1.165, 1.54) is 7.11 Å². The highest BCUT2D eigenvalue weighted by Gasteiger charge is 2.36. The molecule has 0 saturated carbocycles. The number of amides is 1. The second-order valence-electron chi connectivity index (χ2n) is 7.40. The van der Waals surface area contributed by atoms with Gasteiger partial charge in [-0.05, 0) is 49.6 Å². The number of para-hydroxylation sites is 1. The smallest absolute Gasteiger partial charge is 0.314 e. The third kappa shape index (κ3) is 5.04. The molecule has 32 heavy (non-hydrogen) atoms. The molecule has 1 N–H and O–H groups in total. The van der Waals surface area contributed by atoms with Gasteiger partial charge in [0.1, 0.15) is 17.2 Å². The molecule has 7 heteroatoms. The number of carbonyl (C=O) groups is 2. The molecule has 3 rings (SSSR count). The Balaban J connectivity index is 1.82. The summed E-state index contributed by atoms with van der Waals surface area (Å²) in [4.78, 5) is 25.8. The lowest BCUT2D eigenvalue weighted by Gasteiger charge is -2.24. The molecule has 0 aromatic heterocycles. The number of nitrogens with one attached hydrogen (secondary N) is 1. The number of allylic oxidation sites excluding steroid dienone is 1. The Kier molecular flexibility index (Phi) is 7.76. The first-order valence-corrected chi connectivity index (χ1v) is 10.5. The SMILES string of the molecule is CCOC(=O)[C@H](c1cc(OC)ccc1OC)[C@H]1C=C[C@@H](NC(=O)c2ccccc2OC)C1. The maximum atomic E-state index is 13.0. The number of methoxy groups -OCH3 is 3. The van der Waals surface area contributed by atoms with Gasteiger partial charge in [0.15, 0.2) is 0 Å². The maximum absolute atomic E-state index is 13.0. The highest BCUT2D eigenvalue weighted by Crippen LogP contribution is 2.40. The van der Waals surface area contributed by atoms with Gasteiger partial charge >= 0.3 is 5.97 Å². The van der Waals surface area contributed by atoms with Crippen LogP contribution in [-0.2, 0) is 9.53 Å². The molecule has 0 bridgehead atoms. The van der Waals surface area contributed by atoms with Gasteiger partial charge in [0, 0.05) is 11.6 Å². The first-order chi connectivity index (χ1) is 15.5. The number of ether oxygens (including phenoxy) is 4. The van der Waals surface area contributed by atoms with Gasteiger partial charge < -0.3 is 24.3 Å². The summed E-state index contributed by atoms with van der Waals surface area (Å²) in [6.07, 6.45) is 4.41. The van der Waals surface area contributed by atoms with E-state index in [0.29, 0.717) is 34.8 Å². The Labute approximate surface area is 188 Å². The molecule has 0 saturated heterocycles. The third-order valence-corrected chi connectivity index (χ3v) is 5.53. The van der Waals surface area contributed by atoms with Crippen molar-refractivity contribution in [2.75, 3.05) is 27.9 Å². The van der Waals surface area contributed by atoms with Crippen molar-refractivity contribution in [2.24, 2.45) is 5.92 Å². The van der Waals surface area contributed by atoms with E-state index in [1.807, 2.05) is 18.2 Å². The van der Waals surface area contributed by atoms with Crippen molar-refractivity contribution in [1.82, 2.24) is 5.32 Å². The Bertz CT molecular complexity index is 986. The fourth-order valence-electron chi connectivity index (χ4n) is 4.01. The Morgan fingerprint density at radius 1 is 1.00 bits per heavy atom. The van der Waals surface area contributed by atoms with Crippen LogP contribution in [-0.4, -0.2) is 45.9 Å². The first-order valence-electron chi connectivity index (χ1n) is 10.5. The molecule has 0 aliphatic heterocycles. The van der Waals surface area contributed by atoms with E-state index in [0.717, 1.165) is 0 Å². The van der Waals surface area contributed by atoms with Gasteiger partial charge in [0.2, 0.25) is 0 Å². The minimum absolute atomic E-state index is 0.182. The maximum Gasteiger partial charge on any atom is 0.314 e. The summed E-state index contributed by atoms with van der Waals surface area (Å²) < 4.78 is 21.5. The van der Waals surface area contributed by atoms with Crippen LogP contribution < -0.4 is 19.5 Å². The lowest BCUT2D eigenvalue weighted by molar-refractivity contribution is -0.146. The summed E-state index contributed by atoms with van der Waals surface area (Å²) in [5.41, 5.74) is 1.15. The van der Waals surface area contributed by atoms with Crippen molar-refractivity contribution in [3.8, 4) is 17.2 Å². The molecule has 0 fully saturated rings. The summed E-state index contributed by atoms with van der Waals surface area (Å²) in [5, 5.41) is 3.01. The predicted molar refractivity (Wildman–Crippen MR) is 120 cm³/mol. The molecular formula is C25H29NO6. The molecule has 1 amide bonds. The number of esters is 1. The topological polar surface area (TPSA) is 83.1 Å². The van der Waals surface area contributed by atoms with E-state index in [4.69, 9.17) is 18.9 Å². The average Bonchev–Trinajstić information content (AvgIpc) is 3.26. The van der Waals surface area contributed by atoms with E-state index >= 15 is 0 Å². The molecule has 2 aromatic rings. The molecule has 170 valence electrons. The average molecular weight is 440 g/mol. The zero-order chi connectivity index (χ0) is 23.1. The summed E-state index contributed by atoms with van der Waals surface area (Å²) in [6.45, 7) is 2.05. The van der Waals surface area contributed by atoms with Crippen LogP contribution in [0.15, 0.2) is 54.6 Å². The molecule has 1 aliphatic rings. The van der Waals surface area contributed by atoms with E-state index in [1.54, 1.807) is 57.5 Å². The number of carbonyl (C=O) groups excluding carboxylic acids is 2. The molecule has 0 unspecified atom stereocenters. The molecule has 1 aliphatic carbocycles. The van der Waals surface area contributed by atoms with Crippen LogP contribution in [0.1, 0.15) is 35.2 Å². The van der Waals surface area contributed by atoms with E-state index < -0.39 is 5.92 Å². The van der Waals surface area contributed by atoms with Gasteiger partial charge in [0.25, 0.3) is 5.91 Å². The van der Waals surface area contributed by atoms with Crippen molar-refractivity contribution < 1.29 is 28.5 Å². The lowest BCUT2D eigenvalue weighted by atomic mass is 9.84. The highest BCUT2D eigenvalue weighted by atomic mass is 16.5. The Hall–Kier alpha value is -3.48. The van der Waals surface area contributed by atoms with E-state index in [2.05, 4.69) is 5.32 Å². The summed E-state index contributed by atoms with van der Waals surface area (Å²) in [7, 11) is 4.67. The highest BCUT2D eigenvalue weighted by molar-refractivity contribution is 5.97. The van der Waals surface area contributed by atoms with Crippen LogP contribution >= 0.6 is 0 Å². The van der Waals surface area contributed by atoms with Gasteiger partial charge in [0.05, 0.1) is 39.4 Å². The van der Waals surface area contributed by atoms with Crippen LogP contribution in [0.4, 0.5) is 0 Å². The van der Waals surface area contributed by atoms with Crippen LogP contribution in [0.5, 0.6) is 17.2 Å². The quantitative estimate of drug-likeness (QED) is 0.474. The van der Waals surface area contributed by atoms with Gasteiger partial charge in [-0.3, -0.25) is 9.59 Å². The summed E-state index contributed by atoms with van der Waals surface area (Å²) in [5.74, 6) is 0.364. The monoisotopic (exact) mass is 439 g/mol. The number of rotatable bonds is 9. The minimum atomic E-state index is -0.593. The zero-order valence-electron chi connectivity index (χ0n) is 18.8. The Morgan fingerprint density at radius 3 is 2.44 bits per heavy atom. The standard InChI is InChI=1S/C25H29NO6/c1-5-32-25(28)23(20-15-18(29-2)12-13-22(20)31-4)16-10-11-17(14-16)26-24(27)19-8-6-7-9-21(19)30-3/h6-13,15-17,23H,5,14H2,1-4H3,(H,26,27)/t16-,17+,23-/m0/s1. The van der Waals surface area contributed by atoms with Crippen molar-refractivity contribution in [3.05, 3.63) is 65.7 Å². The van der Waals surface area contributed by atoms with Gasteiger partial charge in [-0.25, -0.2) is 0 Å². The molecular weight excluding hydrogens is 410 g/mol. The van der Waals surface area contributed by atoms with Gasteiger partial charge in [-0.15, -0.1) is 0 Å². The minimum Gasteiger partial charge on any atom is -0.497 e. The Morgan fingerprint density at radius 2 is 1.75 bits per heavy atom. The van der Waals surface area contributed by atoms with Crippen molar-refractivity contribution in [3.63, 3.8) is 0 Å². The van der Waals surface area contributed by atoms with E-state index in [9.17, 15) is 9.59 Å². The zero-order valence-corrected chi connectivity index (χ0v) is 18.8. The summed E-state index contributed by atoms with van der Waals surface area (Å²) >= 11 is 0. The van der Waals surface area contributed by atoms with Crippen LogP contribution in [0.25, 0.3) is 0 Å². The van der Waals surface area contributed by atoms with Crippen LogP contribution in [0.2, 0.25) is 0 Å². The third-order valence-electron chi connectivity index (χ3n) is 5.53.